The molecule has 108 valence electrons. The smallest absolute Gasteiger partial charge is 0.117 e. The van der Waals surface area contributed by atoms with Gasteiger partial charge in [0.2, 0.25) is 0 Å². The molecule has 1 heterocycles. The first-order valence-corrected chi connectivity index (χ1v) is 7.78. The van der Waals surface area contributed by atoms with Gasteiger partial charge in [-0.1, -0.05) is 39.0 Å². The normalized spacial score (nSPS) is 20.2. The van der Waals surface area contributed by atoms with E-state index in [4.69, 9.17) is 10.2 Å². The second-order valence-electron chi connectivity index (χ2n) is 5.79. The van der Waals surface area contributed by atoms with E-state index in [0.717, 1.165) is 25.4 Å². The van der Waals surface area contributed by atoms with Crippen LogP contribution in [0.5, 0.6) is 0 Å². The highest BCUT2D eigenvalue weighted by molar-refractivity contribution is 5.01. The minimum absolute atomic E-state index is 0.183. The largest absolute Gasteiger partial charge is 0.468 e. The highest BCUT2D eigenvalue weighted by Gasteiger charge is 2.34. The summed E-state index contributed by atoms with van der Waals surface area (Å²) in [6.07, 6.45) is 11.0. The number of nitrogens with two attached hydrogens (primary N) is 1. The third-order valence-electron chi connectivity index (χ3n) is 4.64. The Kier molecular flexibility index (Phi) is 5.46. The Hall–Kier alpha value is -0.800. The highest BCUT2D eigenvalue weighted by Crippen LogP contribution is 2.32. The molecule has 1 aliphatic carbocycles. The first kappa shape index (κ1) is 14.6. The van der Waals surface area contributed by atoms with E-state index in [1.54, 1.807) is 6.26 Å². The molecule has 0 unspecified atom stereocenters. The van der Waals surface area contributed by atoms with E-state index in [9.17, 15) is 0 Å². The summed E-state index contributed by atoms with van der Waals surface area (Å²) in [6, 6.07) is 4.03. The van der Waals surface area contributed by atoms with E-state index >= 15 is 0 Å². The second-order valence-corrected chi connectivity index (χ2v) is 5.79. The Bertz CT molecular complexity index is 340. The number of likely N-dealkylation sites (N-methyl/N-ethyl adjacent to an activating group) is 1. The number of hydrogen-bond donors (Lipinski definition) is 1. The van der Waals surface area contributed by atoms with Crippen LogP contribution in [-0.4, -0.2) is 23.5 Å². The van der Waals surface area contributed by atoms with Crippen molar-refractivity contribution in [3.05, 3.63) is 24.2 Å². The number of furan rings is 1. The Labute approximate surface area is 117 Å². The topological polar surface area (TPSA) is 42.4 Å². The molecule has 1 fully saturated rings. The van der Waals surface area contributed by atoms with Gasteiger partial charge in [0.1, 0.15) is 5.76 Å². The molecule has 3 nitrogen and oxygen atoms in total. The fourth-order valence-corrected chi connectivity index (χ4v) is 3.42. The first-order valence-electron chi connectivity index (χ1n) is 7.78. The molecule has 19 heavy (non-hydrogen) atoms. The molecular weight excluding hydrogens is 236 g/mol. The lowest BCUT2D eigenvalue weighted by atomic mass is 9.82. The SMILES string of the molecule is CCN(Cc1ccco1)C1(CN)CCCCCCC1. The Morgan fingerprint density at radius 2 is 1.89 bits per heavy atom. The number of hydrogen-bond acceptors (Lipinski definition) is 3. The van der Waals surface area contributed by atoms with Crippen molar-refractivity contribution in [2.45, 2.75) is 64.0 Å². The van der Waals surface area contributed by atoms with Crippen LogP contribution in [0.3, 0.4) is 0 Å². The van der Waals surface area contributed by atoms with Gasteiger partial charge in [-0.25, -0.2) is 0 Å². The molecule has 0 bridgehead atoms. The van der Waals surface area contributed by atoms with Gasteiger partial charge in [-0.15, -0.1) is 0 Å². The zero-order valence-electron chi connectivity index (χ0n) is 12.2. The molecule has 2 N–H and O–H groups in total. The minimum Gasteiger partial charge on any atom is -0.468 e. The second kappa shape index (κ2) is 7.11. The van der Waals surface area contributed by atoms with Gasteiger partial charge in [0.15, 0.2) is 0 Å². The summed E-state index contributed by atoms with van der Waals surface area (Å²) in [6.45, 7) is 4.93. The maximum absolute atomic E-state index is 6.19. The average Bonchev–Trinajstić information content (AvgIpc) is 2.90. The summed E-state index contributed by atoms with van der Waals surface area (Å²) in [5.74, 6) is 1.05. The monoisotopic (exact) mass is 264 g/mol. The Morgan fingerprint density at radius 3 is 2.42 bits per heavy atom. The third-order valence-corrected chi connectivity index (χ3v) is 4.64. The summed E-state index contributed by atoms with van der Waals surface area (Å²) < 4.78 is 5.52. The van der Waals surface area contributed by atoms with Gasteiger partial charge in [-0.2, -0.15) is 0 Å². The van der Waals surface area contributed by atoms with Crippen LogP contribution in [-0.2, 0) is 6.54 Å². The van der Waals surface area contributed by atoms with Crippen molar-refractivity contribution in [3.8, 4) is 0 Å². The molecule has 1 aromatic heterocycles. The lowest BCUT2D eigenvalue weighted by Crippen LogP contribution is -2.53. The molecule has 0 spiro atoms. The zero-order valence-corrected chi connectivity index (χ0v) is 12.2. The third kappa shape index (κ3) is 3.61. The molecular formula is C16H28N2O. The fourth-order valence-electron chi connectivity index (χ4n) is 3.42. The molecule has 0 atom stereocenters. The van der Waals surface area contributed by atoms with Gasteiger partial charge < -0.3 is 10.2 Å². The van der Waals surface area contributed by atoms with Crippen molar-refractivity contribution in [1.29, 1.82) is 0 Å². The van der Waals surface area contributed by atoms with Gasteiger partial charge in [0, 0.05) is 12.1 Å². The molecule has 1 aromatic rings. The van der Waals surface area contributed by atoms with Crippen molar-refractivity contribution in [2.24, 2.45) is 5.73 Å². The fraction of sp³-hybridized carbons (Fsp3) is 0.750. The van der Waals surface area contributed by atoms with E-state index in [2.05, 4.69) is 17.9 Å². The number of nitrogens with zero attached hydrogens (tertiary/aromatic N) is 1. The Morgan fingerprint density at radius 1 is 1.21 bits per heavy atom. The van der Waals surface area contributed by atoms with Gasteiger partial charge in [0.05, 0.1) is 12.8 Å². The van der Waals surface area contributed by atoms with Crippen LogP contribution >= 0.6 is 0 Å². The Balaban J connectivity index is 2.10. The van der Waals surface area contributed by atoms with Gasteiger partial charge in [-0.3, -0.25) is 4.90 Å². The lowest BCUT2D eigenvalue weighted by Gasteiger charge is -2.44. The van der Waals surface area contributed by atoms with Gasteiger partial charge >= 0.3 is 0 Å². The summed E-state index contributed by atoms with van der Waals surface area (Å²) >= 11 is 0. The van der Waals surface area contributed by atoms with E-state index in [1.165, 1.54) is 44.9 Å². The molecule has 1 aliphatic rings. The molecule has 0 aliphatic heterocycles. The average molecular weight is 264 g/mol. The zero-order chi connectivity index (χ0) is 13.6. The van der Waals surface area contributed by atoms with Gasteiger partial charge in [0.25, 0.3) is 0 Å². The van der Waals surface area contributed by atoms with Crippen LogP contribution in [0.25, 0.3) is 0 Å². The van der Waals surface area contributed by atoms with Crippen LogP contribution < -0.4 is 5.73 Å². The van der Waals surface area contributed by atoms with Crippen LogP contribution in [0.4, 0.5) is 0 Å². The summed E-state index contributed by atoms with van der Waals surface area (Å²) in [7, 11) is 0. The van der Waals surface area contributed by atoms with E-state index < -0.39 is 0 Å². The summed E-state index contributed by atoms with van der Waals surface area (Å²) in [5, 5.41) is 0. The summed E-state index contributed by atoms with van der Waals surface area (Å²) in [4.78, 5) is 2.54. The molecule has 0 amide bonds. The minimum atomic E-state index is 0.183. The van der Waals surface area contributed by atoms with Crippen LogP contribution in [0, 0.1) is 0 Å². The molecule has 0 radical (unpaired) electrons. The first-order chi connectivity index (χ1) is 9.30. The standard InChI is InChI=1S/C16H28N2O/c1-2-18(13-15-9-8-12-19-15)16(14-17)10-6-4-3-5-7-11-16/h8-9,12H,2-7,10-11,13-14,17H2,1H3. The lowest BCUT2D eigenvalue weighted by molar-refractivity contribution is 0.0581. The molecule has 0 aromatic carbocycles. The van der Waals surface area contributed by atoms with Crippen LogP contribution in [0.15, 0.2) is 22.8 Å². The molecule has 3 heteroatoms. The molecule has 0 saturated heterocycles. The molecule has 1 saturated carbocycles. The van der Waals surface area contributed by atoms with Crippen molar-refractivity contribution in [2.75, 3.05) is 13.1 Å². The van der Waals surface area contributed by atoms with Crippen molar-refractivity contribution >= 4 is 0 Å². The predicted molar refractivity (Wildman–Crippen MR) is 78.9 cm³/mol. The van der Waals surface area contributed by atoms with Gasteiger partial charge in [-0.05, 0) is 31.5 Å². The van der Waals surface area contributed by atoms with E-state index in [1.807, 2.05) is 6.07 Å². The summed E-state index contributed by atoms with van der Waals surface area (Å²) in [5.41, 5.74) is 6.37. The van der Waals surface area contributed by atoms with Crippen LogP contribution in [0.1, 0.15) is 57.6 Å². The maximum atomic E-state index is 6.19. The van der Waals surface area contributed by atoms with Crippen LogP contribution in [0.2, 0.25) is 0 Å². The van der Waals surface area contributed by atoms with Crippen molar-refractivity contribution in [1.82, 2.24) is 4.90 Å². The van der Waals surface area contributed by atoms with Crippen molar-refractivity contribution < 1.29 is 4.42 Å². The quantitative estimate of drug-likeness (QED) is 0.884. The highest BCUT2D eigenvalue weighted by atomic mass is 16.3. The number of rotatable bonds is 5. The predicted octanol–water partition coefficient (Wildman–Crippen LogP) is 3.54. The molecule has 2 rings (SSSR count). The van der Waals surface area contributed by atoms with E-state index in [-0.39, 0.29) is 5.54 Å². The van der Waals surface area contributed by atoms with E-state index in [0.29, 0.717) is 0 Å². The van der Waals surface area contributed by atoms with Crippen molar-refractivity contribution in [3.63, 3.8) is 0 Å². The maximum Gasteiger partial charge on any atom is 0.117 e.